The molecule has 2 aromatic rings. The molecule has 118 valence electrons. The molecule has 1 atom stereocenters. The lowest BCUT2D eigenvalue weighted by Crippen LogP contribution is -2.39. The average molecular weight is 302 g/mol. The van der Waals surface area contributed by atoms with Crippen LogP contribution in [0.1, 0.15) is 37.0 Å². The van der Waals surface area contributed by atoms with E-state index in [1.165, 1.54) is 0 Å². The highest BCUT2D eigenvalue weighted by atomic mass is 16.3. The Hall–Kier alpha value is -2.21. The fourth-order valence-electron chi connectivity index (χ4n) is 1.84. The first-order valence-corrected chi connectivity index (χ1v) is 7.23. The summed E-state index contributed by atoms with van der Waals surface area (Å²) in [4.78, 5) is 16.3. The number of nitrogens with zero attached hydrogens (tertiary/aromatic N) is 2. The van der Waals surface area contributed by atoms with Gasteiger partial charge in [-0.2, -0.15) is 5.10 Å². The van der Waals surface area contributed by atoms with Crippen LogP contribution in [0.15, 0.2) is 24.3 Å². The molecule has 0 radical (unpaired) electrons. The zero-order chi connectivity index (χ0) is 16.3. The van der Waals surface area contributed by atoms with Crippen LogP contribution in [-0.2, 0) is 0 Å². The number of carbonyl (C=O) groups is 1. The molecule has 0 aliphatic rings. The molecule has 0 spiro atoms. The van der Waals surface area contributed by atoms with Gasteiger partial charge in [0.2, 0.25) is 0 Å². The molecule has 1 aromatic carbocycles. The van der Waals surface area contributed by atoms with Crippen molar-refractivity contribution in [3.63, 3.8) is 0 Å². The van der Waals surface area contributed by atoms with E-state index in [1.807, 2.05) is 27.7 Å². The number of nitrogens with one attached hydrogen (secondary N) is 2. The molecule has 1 unspecified atom stereocenters. The molecule has 1 aromatic heterocycles. The van der Waals surface area contributed by atoms with E-state index in [9.17, 15) is 9.90 Å². The number of amides is 1. The van der Waals surface area contributed by atoms with Gasteiger partial charge >= 0.3 is 0 Å². The summed E-state index contributed by atoms with van der Waals surface area (Å²) >= 11 is 0. The quantitative estimate of drug-likeness (QED) is 0.804. The molecule has 0 saturated carbocycles. The molecule has 0 bridgehead atoms. The maximum atomic E-state index is 12.1. The molecule has 22 heavy (non-hydrogen) atoms. The minimum absolute atomic E-state index is 0.207. The maximum absolute atomic E-state index is 12.1. The number of hydrogen-bond acceptors (Lipinski definition) is 4. The topological polar surface area (TPSA) is 90.9 Å². The summed E-state index contributed by atoms with van der Waals surface area (Å²) in [5, 5.41) is 19.5. The van der Waals surface area contributed by atoms with Crippen LogP contribution in [0, 0.1) is 12.3 Å². The first kappa shape index (κ1) is 16.2. The molecule has 6 nitrogen and oxygen atoms in total. The Bertz CT molecular complexity index is 641. The zero-order valence-electron chi connectivity index (χ0n) is 13.3. The summed E-state index contributed by atoms with van der Waals surface area (Å²) in [6.45, 7) is 7.84. The molecule has 0 aliphatic heterocycles. The normalized spacial score (nSPS) is 13.0. The Morgan fingerprint density at radius 3 is 2.45 bits per heavy atom. The van der Waals surface area contributed by atoms with E-state index in [4.69, 9.17) is 0 Å². The third kappa shape index (κ3) is 3.92. The van der Waals surface area contributed by atoms with Gasteiger partial charge in [0.15, 0.2) is 5.82 Å². The van der Waals surface area contributed by atoms with E-state index in [2.05, 4.69) is 20.5 Å². The van der Waals surface area contributed by atoms with Crippen molar-refractivity contribution in [3.05, 3.63) is 35.7 Å². The van der Waals surface area contributed by atoms with Gasteiger partial charge in [-0.15, -0.1) is 0 Å². The summed E-state index contributed by atoms with van der Waals surface area (Å²) in [7, 11) is 0. The molecule has 6 heteroatoms. The zero-order valence-corrected chi connectivity index (χ0v) is 13.3. The second-order valence-corrected chi connectivity index (χ2v) is 6.41. The third-order valence-electron chi connectivity index (χ3n) is 3.46. The van der Waals surface area contributed by atoms with Crippen LogP contribution in [0.4, 0.5) is 0 Å². The number of aryl methyl sites for hydroxylation is 1. The molecule has 1 amide bonds. The van der Waals surface area contributed by atoms with Gasteiger partial charge in [0.1, 0.15) is 5.82 Å². The Morgan fingerprint density at radius 1 is 1.32 bits per heavy atom. The van der Waals surface area contributed by atoms with Crippen molar-refractivity contribution in [3.8, 4) is 11.4 Å². The summed E-state index contributed by atoms with van der Waals surface area (Å²) in [5.41, 5.74) is 1.12. The number of H-pyrrole nitrogens is 1. The molecule has 2 rings (SSSR count). The van der Waals surface area contributed by atoms with Gasteiger partial charge in [-0.3, -0.25) is 9.89 Å². The minimum atomic E-state index is -0.591. The fraction of sp³-hybridized carbons (Fsp3) is 0.438. The van der Waals surface area contributed by atoms with Gasteiger partial charge in [-0.05, 0) is 24.5 Å². The van der Waals surface area contributed by atoms with Crippen LogP contribution in [-0.4, -0.2) is 38.8 Å². The Kier molecular flexibility index (Phi) is 4.61. The Labute approximate surface area is 130 Å². The highest BCUT2D eigenvalue weighted by molar-refractivity contribution is 5.94. The third-order valence-corrected chi connectivity index (χ3v) is 3.46. The van der Waals surface area contributed by atoms with Crippen molar-refractivity contribution in [1.29, 1.82) is 0 Å². The van der Waals surface area contributed by atoms with Crippen LogP contribution in [0.2, 0.25) is 0 Å². The Balaban J connectivity index is 2.00. The van der Waals surface area contributed by atoms with Gasteiger partial charge < -0.3 is 10.4 Å². The predicted octanol–water partition coefficient (Wildman–Crippen LogP) is 1.92. The van der Waals surface area contributed by atoms with Crippen molar-refractivity contribution < 1.29 is 9.90 Å². The van der Waals surface area contributed by atoms with Crippen LogP contribution in [0.25, 0.3) is 11.4 Å². The second-order valence-electron chi connectivity index (χ2n) is 6.41. The SMILES string of the molecule is Cc1nc(-c2ccc(C(=O)NCC(O)C(C)(C)C)cc2)n[nH]1. The summed E-state index contributed by atoms with van der Waals surface area (Å²) in [5.74, 6) is 1.14. The minimum Gasteiger partial charge on any atom is -0.391 e. The smallest absolute Gasteiger partial charge is 0.251 e. The molecule has 0 fully saturated rings. The molecule has 0 aliphatic carbocycles. The largest absolute Gasteiger partial charge is 0.391 e. The van der Waals surface area contributed by atoms with Gasteiger partial charge in [0, 0.05) is 17.7 Å². The predicted molar refractivity (Wildman–Crippen MR) is 84.4 cm³/mol. The van der Waals surface area contributed by atoms with Gasteiger partial charge in [-0.25, -0.2) is 4.98 Å². The van der Waals surface area contributed by atoms with Crippen molar-refractivity contribution in [2.24, 2.45) is 5.41 Å². The molecule has 1 heterocycles. The lowest BCUT2D eigenvalue weighted by molar-refractivity contribution is 0.0587. The molecule has 3 N–H and O–H groups in total. The van der Waals surface area contributed by atoms with E-state index in [0.717, 1.165) is 11.4 Å². The fourth-order valence-corrected chi connectivity index (χ4v) is 1.84. The van der Waals surface area contributed by atoms with Crippen LogP contribution in [0.5, 0.6) is 0 Å². The number of aromatic nitrogens is 3. The standard InChI is InChI=1S/C16H22N4O2/c1-10-18-14(20-19-10)11-5-7-12(8-6-11)15(22)17-9-13(21)16(2,3)4/h5-8,13,21H,9H2,1-4H3,(H,17,22)(H,18,19,20). The summed E-state index contributed by atoms with van der Waals surface area (Å²) in [6.07, 6.45) is -0.591. The van der Waals surface area contributed by atoms with Crippen molar-refractivity contribution in [2.45, 2.75) is 33.8 Å². The second kappa shape index (κ2) is 6.27. The van der Waals surface area contributed by atoms with Crippen molar-refractivity contribution in [2.75, 3.05) is 6.54 Å². The van der Waals surface area contributed by atoms with Crippen LogP contribution < -0.4 is 5.32 Å². The van der Waals surface area contributed by atoms with Gasteiger partial charge in [0.05, 0.1) is 6.10 Å². The van der Waals surface area contributed by atoms with Crippen molar-refractivity contribution in [1.82, 2.24) is 20.5 Å². The van der Waals surface area contributed by atoms with E-state index in [0.29, 0.717) is 11.4 Å². The number of aliphatic hydroxyl groups excluding tert-OH is 1. The monoisotopic (exact) mass is 302 g/mol. The van der Waals surface area contributed by atoms with Gasteiger partial charge in [-0.1, -0.05) is 32.9 Å². The molecular weight excluding hydrogens is 280 g/mol. The Morgan fingerprint density at radius 2 is 1.95 bits per heavy atom. The number of aliphatic hydroxyl groups is 1. The average Bonchev–Trinajstić information content (AvgIpc) is 2.90. The van der Waals surface area contributed by atoms with E-state index in [-0.39, 0.29) is 17.9 Å². The van der Waals surface area contributed by atoms with Crippen LogP contribution >= 0.6 is 0 Å². The maximum Gasteiger partial charge on any atom is 0.251 e. The number of carbonyl (C=O) groups excluding carboxylic acids is 1. The van der Waals surface area contributed by atoms with E-state index in [1.54, 1.807) is 24.3 Å². The first-order chi connectivity index (χ1) is 10.3. The van der Waals surface area contributed by atoms with E-state index >= 15 is 0 Å². The highest BCUT2D eigenvalue weighted by Gasteiger charge is 2.22. The number of hydrogen-bond donors (Lipinski definition) is 3. The number of aromatic amines is 1. The van der Waals surface area contributed by atoms with Crippen LogP contribution in [0.3, 0.4) is 0 Å². The highest BCUT2D eigenvalue weighted by Crippen LogP contribution is 2.18. The first-order valence-electron chi connectivity index (χ1n) is 7.23. The molecule has 0 saturated heterocycles. The summed E-state index contributed by atoms with van der Waals surface area (Å²) in [6, 6.07) is 7.05. The number of benzene rings is 1. The number of rotatable bonds is 4. The summed E-state index contributed by atoms with van der Waals surface area (Å²) < 4.78 is 0. The lowest BCUT2D eigenvalue weighted by Gasteiger charge is -2.25. The van der Waals surface area contributed by atoms with Crippen molar-refractivity contribution >= 4 is 5.91 Å². The van der Waals surface area contributed by atoms with E-state index < -0.39 is 6.10 Å². The lowest BCUT2D eigenvalue weighted by atomic mass is 9.89. The van der Waals surface area contributed by atoms with Gasteiger partial charge in [0.25, 0.3) is 5.91 Å². The molecular formula is C16H22N4O2.